The molecule has 2 N–H and O–H groups in total. The molecule has 0 aliphatic rings. The van der Waals surface area contributed by atoms with Crippen molar-refractivity contribution in [3.63, 3.8) is 0 Å². The van der Waals surface area contributed by atoms with Crippen molar-refractivity contribution in [3.8, 4) is 5.82 Å². The Bertz CT molecular complexity index is 910. The highest BCUT2D eigenvalue weighted by atomic mass is 127. The summed E-state index contributed by atoms with van der Waals surface area (Å²) in [5.41, 5.74) is 0. The minimum atomic E-state index is -3.50. The Balaban J connectivity index is 1.50. The van der Waals surface area contributed by atoms with E-state index in [9.17, 15) is 8.42 Å². The molecule has 7 nitrogen and oxygen atoms in total. The number of halogens is 1. The van der Waals surface area contributed by atoms with Crippen molar-refractivity contribution in [1.29, 1.82) is 0 Å². The summed E-state index contributed by atoms with van der Waals surface area (Å²) in [6.45, 7) is 0.649. The molecule has 0 unspecified atom stereocenters. The molecule has 1 aromatic carbocycles. The van der Waals surface area contributed by atoms with Gasteiger partial charge in [-0.2, -0.15) is 0 Å². The van der Waals surface area contributed by atoms with Crippen LogP contribution < -0.4 is 10.0 Å². The molecule has 3 aromatic rings. The molecule has 0 spiro atoms. The van der Waals surface area contributed by atoms with E-state index in [1.54, 1.807) is 30.3 Å². The average molecular weight is 469 g/mol. The molecule has 0 saturated carbocycles. The van der Waals surface area contributed by atoms with E-state index in [2.05, 4.69) is 42.8 Å². The molecule has 25 heavy (non-hydrogen) atoms. The Kier molecular flexibility index (Phi) is 5.66. The van der Waals surface area contributed by atoms with E-state index in [0.717, 1.165) is 9.39 Å². The number of rotatable bonds is 7. The van der Waals surface area contributed by atoms with E-state index in [0.29, 0.717) is 12.4 Å². The molecule has 9 heteroatoms. The summed E-state index contributed by atoms with van der Waals surface area (Å²) < 4.78 is 29.7. The van der Waals surface area contributed by atoms with E-state index in [-0.39, 0.29) is 11.4 Å². The zero-order valence-electron chi connectivity index (χ0n) is 13.1. The van der Waals surface area contributed by atoms with Crippen LogP contribution in [0.1, 0.15) is 0 Å². The van der Waals surface area contributed by atoms with Crippen LogP contribution in [-0.2, 0) is 10.0 Å². The molecule has 0 aliphatic carbocycles. The van der Waals surface area contributed by atoms with Gasteiger partial charge in [0.2, 0.25) is 10.0 Å². The zero-order chi connectivity index (χ0) is 17.7. The van der Waals surface area contributed by atoms with Crippen molar-refractivity contribution < 1.29 is 8.42 Å². The van der Waals surface area contributed by atoms with Gasteiger partial charge in [0.25, 0.3) is 0 Å². The lowest BCUT2D eigenvalue weighted by atomic mass is 10.4. The highest BCUT2D eigenvalue weighted by Crippen LogP contribution is 2.11. The number of aromatic nitrogens is 3. The van der Waals surface area contributed by atoms with Gasteiger partial charge in [0.1, 0.15) is 5.82 Å². The van der Waals surface area contributed by atoms with E-state index >= 15 is 0 Å². The van der Waals surface area contributed by atoms with Crippen molar-refractivity contribution in [1.82, 2.24) is 19.5 Å². The van der Waals surface area contributed by atoms with Gasteiger partial charge in [-0.3, -0.25) is 0 Å². The van der Waals surface area contributed by atoms with Crippen LogP contribution in [-0.4, -0.2) is 36.3 Å². The van der Waals surface area contributed by atoms with Gasteiger partial charge in [0, 0.05) is 29.1 Å². The predicted octanol–water partition coefficient (Wildman–Crippen LogP) is 2.26. The summed E-state index contributed by atoms with van der Waals surface area (Å²) in [6, 6.07) is 14.2. The molecule has 2 heterocycles. The first kappa shape index (κ1) is 17.8. The Morgan fingerprint density at radius 3 is 2.32 bits per heavy atom. The fraction of sp³-hybridized carbons (Fsp3) is 0.125. The highest BCUT2D eigenvalue weighted by Gasteiger charge is 2.12. The van der Waals surface area contributed by atoms with Gasteiger partial charge in [-0.25, -0.2) is 13.1 Å². The first-order valence-electron chi connectivity index (χ1n) is 7.51. The summed E-state index contributed by atoms with van der Waals surface area (Å²) in [5.74, 6) is 1.30. The molecule has 0 amide bonds. The van der Waals surface area contributed by atoms with Gasteiger partial charge < -0.3 is 9.88 Å². The molecular formula is C16H16IN5O2S. The summed E-state index contributed by atoms with van der Waals surface area (Å²) in [7, 11) is -3.50. The van der Waals surface area contributed by atoms with Crippen LogP contribution in [0.4, 0.5) is 5.82 Å². The quantitative estimate of drug-likeness (QED) is 0.410. The summed E-state index contributed by atoms with van der Waals surface area (Å²) in [6.07, 6.45) is 3.77. The largest absolute Gasteiger partial charge is 0.367 e. The first-order chi connectivity index (χ1) is 12.0. The summed E-state index contributed by atoms with van der Waals surface area (Å²) in [4.78, 5) is 0.254. The minimum Gasteiger partial charge on any atom is -0.367 e. The third-order valence-electron chi connectivity index (χ3n) is 3.37. The maximum Gasteiger partial charge on any atom is 0.240 e. The first-order valence-corrected chi connectivity index (χ1v) is 10.1. The van der Waals surface area contributed by atoms with Crippen molar-refractivity contribution in [3.05, 3.63) is 64.5 Å². The van der Waals surface area contributed by atoms with Crippen LogP contribution in [0.5, 0.6) is 0 Å². The lowest BCUT2D eigenvalue weighted by Crippen LogP contribution is -2.29. The molecule has 0 atom stereocenters. The van der Waals surface area contributed by atoms with Crippen molar-refractivity contribution >= 4 is 38.4 Å². The van der Waals surface area contributed by atoms with Gasteiger partial charge in [-0.15, -0.1) is 10.2 Å². The van der Waals surface area contributed by atoms with Crippen LogP contribution in [0.3, 0.4) is 0 Å². The second-order valence-electron chi connectivity index (χ2n) is 5.15. The molecule has 0 bridgehead atoms. The van der Waals surface area contributed by atoms with E-state index in [4.69, 9.17) is 0 Å². The van der Waals surface area contributed by atoms with E-state index in [1.165, 1.54) is 0 Å². The zero-order valence-corrected chi connectivity index (χ0v) is 16.1. The van der Waals surface area contributed by atoms with Gasteiger partial charge in [-0.1, -0.05) is 0 Å². The van der Waals surface area contributed by atoms with Gasteiger partial charge >= 0.3 is 0 Å². The summed E-state index contributed by atoms with van der Waals surface area (Å²) in [5, 5.41) is 11.2. The number of hydrogen-bond donors (Lipinski definition) is 2. The molecule has 130 valence electrons. The number of benzene rings is 1. The second kappa shape index (κ2) is 7.93. The third kappa shape index (κ3) is 4.77. The Morgan fingerprint density at radius 1 is 0.960 bits per heavy atom. The summed E-state index contributed by atoms with van der Waals surface area (Å²) >= 11 is 2.13. The van der Waals surface area contributed by atoms with E-state index < -0.39 is 10.0 Å². The maximum atomic E-state index is 12.2. The number of nitrogens with zero attached hydrogens (tertiary/aromatic N) is 3. The average Bonchev–Trinajstić information content (AvgIpc) is 3.14. The number of sulfonamides is 1. The third-order valence-corrected chi connectivity index (χ3v) is 5.56. The molecule has 0 radical (unpaired) electrons. The van der Waals surface area contributed by atoms with Crippen LogP contribution >= 0.6 is 22.6 Å². The van der Waals surface area contributed by atoms with Crippen LogP contribution in [0.2, 0.25) is 0 Å². The number of hydrogen-bond acceptors (Lipinski definition) is 5. The molecular weight excluding hydrogens is 453 g/mol. The predicted molar refractivity (Wildman–Crippen MR) is 104 cm³/mol. The highest BCUT2D eigenvalue weighted by molar-refractivity contribution is 14.1. The van der Waals surface area contributed by atoms with Gasteiger partial charge in [0.15, 0.2) is 5.82 Å². The van der Waals surface area contributed by atoms with Gasteiger partial charge in [0.05, 0.1) is 4.90 Å². The number of anilines is 1. The molecule has 3 rings (SSSR count). The fourth-order valence-corrected chi connectivity index (χ4v) is 3.51. The lowest BCUT2D eigenvalue weighted by molar-refractivity contribution is 0.583. The molecule has 0 fully saturated rings. The lowest BCUT2D eigenvalue weighted by Gasteiger charge is -2.08. The Hall–Kier alpha value is -1.98. The normalized spacial score (nSPS) is 11.4. The smallest absolute Gasteiger partial charge is 0.240 e. The molecule has 2 aromatic heterocycles. The maximum absolute atomic E-state index is 12.2. The SMILES string of the molecule is O=S(=O)(NCCNc1ccc(-n2cccc2)nn1)c1ccc(I)cc1. The number of nitrogens with one attached hydrogen (secondary N) is 2. The van der Waals surface area contributed by atoms with Gasteiger partial charge in [-0.05, 0) is 71.1 Å². The molecule has 0 saturated heterocycles. The van der Waals surface area contributed by atoms with Crippen LogP contribution in [0, 0.1) is 3.57 Å². The minimum absolute atomic E-state index is 0.245. The molecule has 0 aliphatic heterocycles. The van der Waals surface area contributed by atoms with Crippen molar-refractivity contribution in [2.24, 2.45) is 0 Å². The van der Waals surface area contributed by atoms with Crippen molar-refractivity contribution in [2.75, 3.05) is 18.4 Å². The van der Waals surface area contributed by atoms with Crippen LogP contribution in [0.15, 0.2) is 65.8 Å². The second-order valence-corrected chi connectivity index (χ2v) is 8.16. The Morgan fingerprint density at radius 2 is 1.68 bits per heavy atom. The Labute approximate surface area is 159 Å². The van der Waals surface area contributed by atoms with Crippen LogP contribution in [0.25, 0.3) is 5.82 Å². The monoisotopic (exact) mass is 469 g/mol. The van der Waals surface area contributed by atoms with Crippen molar-refractivity contribution in [2.45, 2.75) is 4.90 Å². The fourth-order valence-electron chi connectivity index (χ4n) is 2.12. The standard InChI is InChI=1S/C16H16IN5O2S/c17-13-3-5-14(6-4-13)25(23,24)19-10-9-18-15-7-8-16(21-20-15)22-11-1-2-12-22/h1-8,11-12,19H,9-10H2,(H,18,20). The van der Waals surface area contributed by atoms with E-state index in [1.807, 2.05) is 35.2 Å². The topological polar surface area (TPSA) is 88.9 Å².